The fourth-order valence-corrected chi connectivity index (χ4v) is 3.05. The molecule has 3 aromatic heterocycles. The third-order valence-corrected chi connectivity index (χ3v) is 4.33. The second-order valence-corrected chi connectivity index (χ2v) is 5.89. The van der Waals surface area contributed by atoms with Gasteiger partial charge in [0.15, 0.2) is 22.8 Å². The van der Waals surface area contributed by atoms with Gasteiger partial charge in [-0.3, -0.25) is 4.90 Å². The average molecular weight is 328 g/mol. The second kappa shape index (κ2) is 6.16. The fourth-order valence-electron chi connectivity index (χ4n) is 3.05. The molecular weight excluding hydrogens is 308 g/mol. The van der Waals surface area contributed by atoms with Crippen molar-refractivity contribution >= 4 is 17.0 Å². The first kappa shape index (κ1) is 15.0. The molecule has 1 saturated heterocycles. The van der Waals surface area contributed by atoms with Crippen molar-refractivity contribution in [2.75, 3.05) is 31.1 Å². The Hall–Kier alpha value is -2.55. The number of piperazine rings is 1. The van der Waals surface area contributed by atoms with E-state index in [1.807, 2.05) is 17.8 Å². The number of nitrogens with zero attached hydrogens (tertiary/aromatic N) is 8. The van der Waals surface area contributed by atoms with Crippen LogP contribution in [0.2, 0.25) is 0 Å². The molecule has 0 amide bonds. The Bertz CT molecular complexity index is 833. The molecule has 0 aliphatic carbocycles. The van der Waals surface area contributed by atoms with Gasteiger partial charge in [0.05, 0.1) is 12.9 Å². The lowest BCUT2D eigenvalue weighted by atomic mass is 10.3. The summed E-state index contributed by atoms with van der Waals surface area (Å²) in [5.41, 5.74) is 1.77. The van der Waals surface area contributed by atoms with Crippen molar-refractivity contribution in [1.82, 2.24) is 34.6 Å². The topological polar surface area (TPSA) is 89.0 Å². The molecule has 0 radical (unpaired) electrons. The highest BCUT2D eigenvalue weighted by Gasteiger charge is 2.22. The van der Waals surface area contributed by atoms with Crippen molar-refractivity contribution in [2.45, 2.75) is 26.9 Å². The smallest absolute Gasteiger partial charge is 0.223 e. The van der Waals surface area contributed by atoms with Crippen LogP contribution >= 0.6 is 0 Å². The Morgan fingerprint density at radius 2 is 1.96 bits per heavy atom. The van der Waals surface area contributed by atoms with Crippen LogP contribution in [-0.4, -0.2) is 60.7 Å². The summed E-state index contributed by atoms with van der Waals surface area (Å²) in [7, 11) is 0. The number of hydrogen-bond donors (Lipinski definition) is 0. The number of anilines is 1. The van der Waals surface area contributed by atoms with E-state index >= 15 is 0 Å². The summed E-state index contributed by atoms with van der Waals surface area (Å²) >= 11 is 0. The monoisotopic (exact) mass is 328 g/mol. The number of aryl methyl sites for hydroxylation is 2. The minimum Gasteiger partial charge on any atom is -0.352 e. The van der Waals surface area contributed by atoms with E-state index in [-0.39, 0.29) is 0 Å². The third kappa shape index (κ3) is 2.71. The molecule has 126 valence electrons. The molecule has 4 rings (SSSR count). The molecule has 1 aliphatic heterocycles. The lowest BCUT2D eigenvalue weighted by Crippen LogP contribution is -2.46. The van der Waals surface area contributed by atoms with E-state index < -0.39 is 0 Å². The van der Waals surface area contributed by atoms with Gasteiger partial charge in [-0.2, -0.15) is 4.98 Å². The van der Waals surface area contributed by atoms with E-state index in [1.165, 1.54) is 0 Å². The van der Waals surface area contributed by atoms with Crippen molar-refractivity contribution in [1.29, 1.82) is 0 Å². The first-order chi connectivity index (χ1) is 11.7. The Morgan fingerprint density at radius 1 is 1.12 bits per heavy atom. The zero-order valence-corrected chi connectivity index (χ0v) is 13.9. The lowest BCUT2D eigenvalue weighted by molar-refractivity contribution is 0.239. The molecule has 0 aromatic carbocycles. The number of rotatable bonds is 4. The molecule has 0 atom stereocenters. The van der Waals surface area contributed by atoms with Gasteiger partial charge in [-0.05, 0) is 6.92 Å². The van der Waals surface area contributed by atoms with Gasteiger partial charge in [0.2, 0.25) is 5.89 Å². The third-order valence-electron chi connectivity index (χ3n) is 4.33. The highest BCUT2D eigenvalue weighted by molar-refractivity contribution is 5.83. The maximum Gasteiger partial charge on any atom is 0.223 e. The predicted octanol–water partition coefficient (Wildman–Crippen LogP) is 0.860. The second-order valence-electron chi connectivity index (χ2n) is 5.89. The molecule has 9 nitrogen and oxygen atoms in total. The number of hydrogen-bond acceptors (Lipinski definition) is 8. The van der Waals surface area contributed by atoms with Crippen molar-refractivity contribution in [3.8, 4) is 0 Å². The van der Waals surface area contributed by atoms with Gasteiger partial charge in [-0.25, -0.2) is 15.0 Å². The van der Waals surface area contributed by atoms with Crippen molar-refractivity contribution in [3.63, 3.8) is 0 Å². The van der Waals surface area contributed by atoms with Crippen LogP contribution in [0, 0.1) is 6.92 Å². The maximum atomic E-state index is 5.03. The minimum atomic E-state index is 0.610. The van der Waals surface area contributed by atoms with E-state index in [4.69, 9.17) is 4.52 Å². The highest BCUT2D eigenvalue weighted by Crippen LogP contribution is 2.22. The molecule has 0 saturated carbocycles. The van der Waals surface area contributed by atoms with Crippen LogP contribution in [0.1, 0.15) is 18.6 Å². The van der Waals surface area contributed by atoms with Gasteiger partial charge in [0, 0.05) is 39.6 Å². The van der Waals surface area contributed by atoms with Gasteiger partial charge in [0.1, 0.15) is 6.33 Å². The molecule has 4 heterocycles. The fraction of sp³-hybridized carbons (Fsp3) is 0.533. The Morgan fingerprint density at radius 3 is 2.67 bits per heavy atom. The zero-order chi connectivity index (χ0) is 16.5. The van der Waals surface area contributed by atoms with Crippen LogP contribution < -0.4 is 4.90 Å². The molecule has 1 aliphatic rings. The van der Waals surface area contributed by atoms with Crippen LogP contribution in [0.4, 0.5) is 5.82 Å². The first-order valence-corrected chi connectivity index (χ1v) is 8.17. The summed E-state index contributed by atoms with van der Waals surface area (Å²) in [5.74, 6) is 2.27. The summed E-state index contributed by atoms with van der Waals surface area (Å²) in [6.45, 7) is 9.09. The van der Waals surface area contributed by atoms with Gasteiger partial charge in [-0.1, -0.05) is 5.16 Å². The summed E-state index contributed by atoms with van der Waals surface area (Å²) in [6, 6.07) is 0. The van der Waals surface area contributed by atoms with E-state index in [0.29, 0.717) is 5.89 Å². The van der Waals surface area contributed by atoms with Gasteiger partial charge < -0.3 is 14.0 Å². The Balaban J connectivity index is 1.47. The maximum absolute atomic E-state index is 5.03. The van der Waals surface area contributed by atoms with Crippen molar-refractivity contribution in [2.24, 2.45) is 0 Å². The summed E-state index contributed by atoms with van der Waals surface area (Å²) in [4.78, 5) is 22.2. The van der Waals surface area contributed by atoms with Gasteiger partial charge >= 0.3 is 0 Å². The quantitative estimate of drug-likeness (QED) is 0.697. The van der Waals surface area contributed by atoms with Crippen molar-refractivity contribution in [3.05, 3.63) is 24.4 Å². The number of imidazole rings is 1. The van der Waals surface area contributed by atoms with Crippen LogP contribution in [0.25, 0.3) is 11.2 Å². The minimum absolute atomic E-state index is 0.610. The molecular formula is C15H20N8O. The SMILES string of the molecule is CCn1cnc2c(N3CCN(Cc4noc(C)n4)CC3)ncnc21. The first-order valence-electron chi connectivity index (χ1n) is 8.17. The van der Waals surface area contributed by atoms with Crippen LogP contribution in [0.15, 0.2) is 17.2 Å². The predicted molar refractivity (Wildman–Crippen MR) is 87.5 cm³/mol. The molecule has 24 heavy (non-hydrogen) atoms. The summed E-state index contributed by atoms with van der Waals surface area (Å²) in [5, 5.41) is 3.97. The molecule has 0 spiro atoms. The zero-order valence-electron chi connectivity index (χ0n) is 13.9. The molecule has 0 bridgehead atoms. The molecule has 3 aromatic rings. The van der Waals surface area contributed by atoms with E-state index in [0.717, 1.165) is 62.1 Å². The average Bonchev–Trinajstić information content (AvgIpc) is 3.21. The number of fused-ring (bicyclic) bond motifs is 1. The van der Waals surface area contributed by atoms with E-state index in [2.05, 4.69) is 41.8 Å². The van der Waals surface area contributed by atoms with Crippen LogP contribution in [0.3, 0.4) is 0 Å². The number of aromatic nitrogens is 6. The Kier molecular flexibility index (Phi) is 3.85. The Labute approximate surface area is 139 Å². The van der Waals surface area contributed by atoms with Crippen LogP contribution in [-0.2, 0) is 13.1 Å². The molecule has 0 N–H and O–H groups in total. The highest BCUT2D eigenvalue weighted by atomic mass is 16.5. The summed E-state index contributed by atoms with van der Waals surface area (Å²) < 4.78 is 7.07. The van der Waals surface area contributed by atoms with Gasteiger partial charge in [0.25, 0.3) is 0 Å². The molecule has 9 heteroatoms. The normalized spacial score (nSPS) is 16.2. The van der Waals surface area contributed by atoms with Crippen LogP contribution in [0.5, 0.6) is 0 Å². The lowest BCUT2D eigenvalue weighted by Gasteiger charge is -2.34. The molecule has 1 fully saturated rings. The van der Waals surface area contributed by atoms with E-state index in [1.54, 1.807) is 6.33 Å². The van der Waals surface area contributed by atoms with E-state index in [9.17, 15) is 0 Å². The summed E-state index contributed by atoms with van der Waals surface area (Å²) in [6.07, 6.45) is 3.46. The van der Waals surface area contributed by atoms with Crippen molar-refractivity contribution < 1.29 is 4.52 Å². The van der Waals surface area contributed by atoms with Gasteiger partial charge in [-0.15, -0.1) is 0 Å². The standard InChI is InChI=1S/C15H20N8O/c1-3-22-10-18-13-14(22)16-9-17-15(13)23-6-4-21(5-7-23)8-12-19-11(2)24-20-12/h9-10H,3-8H2,1-2H3. The molecule has 0 unspecified atom stereocenters. The largest absolute Gasteiger partial charge is 0.352 e.